The lowest BCUT2D eigenvalue weighted by Crippen LogP contribution is -2.38. The van der Waals surface area contributed by atoms with Gasteiger partial charge in [-0.25, -0.2) is 4.79 Å². The molecule has 11 nitrogen and oxygen atoms in total. The first kappa shape index (κ1) is 31.1. The van der Waals surface area contributed by atoms with E-state index in [1.54, 1.807) is 36.1 Å². The second-order valence-electron chi connectivity index (χ2n) is 10.3. The van der Waals surface area contributed by atoms with Gasteiger partial charge in [0.15, 0.2) is 0 Å². The number of nitrogens with zero attached hydrogens (tertiary/aromatic N) is 2. The number of anilines is 1. The summed E-state index contributed by atoms with van der Waals surface area (Å²) in [6, 6.07) is 28.8. The SMILES string of the molecule is C[C@]1(CCOC(=O)Oc2ccc([N+](=O)[O-])cc2)S[C@@H](c2ccc(OCc3ccccc3)cc2)N(c2cccc(C(N)=O)c2)C1=O. The van der Waals surface area contributed by atoms with Gasteiger partial charge < -0.3 is 19.9 Å². The van der Waals surface area contributed by atoms with Crippen molar-refractivity contribution in [3.63, 3.8) is 0 Å². The van der Waals surface area contributed by atoms with Gasteiger partial charge in [-0.3, -0.25) is 24.6 Å². The Balaban J connectivity index is 1.30. The van der Waals surface area contributed by atoms with Crippen LogP contribution in [0.3, 0.4) is 0 Å². The maximum absolute atomic E-state index is 14.0. The first-order chi connectivity index (χ1) is 21.6. The lowest BCUT2D eigenvalue weighted by Gasteiger charge is -2.25. The fourth-order valence-corrected chi connectivity index (χ4v) is 6.22. The number of primary amides is 1. The van der Waals surface area contributed by atoms with Gasteiger partial charge in [0, 0.05) is 29.8 Å². The number of ether oxygens (including phenoxy) is 3. The van der Waals surface area contributed by atoms with Crippen molar-refractivity contribution < 1.29 is 33.5 Å². The molecule has 230 valence electrons. The van der Waals surface area contributed by atoms with E-state index in [1.807, 2.05) is 54.6 Å². The average Bonchev–Trinajstić information content (AvgIpc) is 3.31. The summed E-state index contributed by atoms with van der Waals surface area (Å²) < 4.78 is 15.3. The van der Waals surface area contributed by atoms with E-state index in [2.05, 4.69) is 0 Å². The van der Waals surface area contributed by atoms with Crippen molar-refractivity contribution in [2.75, 3.05) is 11.5 Å². The zero-order valence-corrected chi connectivity index (χ0v) is 25.0. The smallest absolute Gasteiger partial charge is 0.489 e. The van der Waals surface area contributed by atoms with Gasteiger partial charge in [-0.15, -0.1) is 11.8 Å². The molecule has 5 rings (SSSR count). The van der Waals surface area contributed by atoms with E-state index in [-0.39, 0.29) is 35.9 Å². The summed E-state index contributed by atoms with van der Waals surface area (Å²) in [5.74, 6) is -0.104. The van der Waals surface area contributed by atoms with Crippen molar-refractivity contribution in [2.45, 2.75) is 30.1 Å². The number of nitro benzene ring substituents is 1. The van der Waals surface area contributed by atoms with Crippen LogP contribution in [-0.4, -0.2) is 34.2 Å². The van der Waals surface area contributed by atoms with Gasteiger partial charge in [0.05, 0.1) is 16.3 Å². The van der Waals surface area contributed by atoms with Gasteiger partial charge >= 0.3 is 6.16 Å². The average molecular weight is 628 g/mol. The highest BCUT2D eigenvalue weighted by Crippen LogP contribution is 2.52. The Morgan fingerprint density at radius 3 is 2.31 bits per heavy atom. The molecule has 0 bridgehead atoms. The Morgan fingerprint density at radius 2 is 1.64 bits per heavy atom. The van der Waals surface area contributed by atoms with E-state index < -0.39 is 27.1 Å². The van der Waals surface area contributed by atoms with Gasteiger partial charge in [0.25, 0.3) is 5.69 Å². The molecule has 0 unspecified atom stereocenters. The first-order valence-electron chi connectivity index (χ1n) is 13.9. The molecule has 1 fully saturated rings. The van der Waals surface area contributed by atoms with Crippen LogP contribution in [0, 0.1) is 10.1 Å². The largest absolute Gasteiger partial charge is 0.513 e. The number of hydrogen-bond donors (Lipinski definition) is 1. The minimum absolute atomic E-state index is 0.0832. The molecule has 0 saturated carbocycles. The molecule has 1 saturated heterocycles. The van der Waals surface area contributed by atoms with Crippen molar-refractivity contribution in [1.82, 2.24) is 0 Å². The van der Waals surface area contributed by atoms with Crippen molar-refractivity contribution >= 4 is 41.1 Å². The molecule has 1 heterocycles. The van der Waals surface area contributed by atoms with Gasteiger partial charge in [-0.2, -0.15) is 0 Å². The Labute approximate surface area is 263 Å². The van der Waals surface area contributed by atoms with Gasteiger partial charge in [-0.1, -0.05) is 48.5 Å². The molecule has 0 aromatic heterocycles. The number of amides is 2. The number of thioether (sulfide) groups is 1. The standard InChI is InChI=1S/C33H29N3O8S/c1-33(18-19-42-32(39)44-28-16-12-25(13-17-28)36(40)41)31(38)35(26-9-5-8-24(20-26)29(34)37)30(45-33)23-10-14-27(15-11-23)43-21-22-6-3-2-4-7-22/h2-17,20,30H,18-19,21H2,1H3,(H2,34,37)/t30-,33+/m0/s1. The van der Waals surface area contributed by atoms with Crippen molar-refractivity contribution in [2.24, 2.45) is 5.73 Å². The molecule has 2 atom stereocenters. The minimum atomic E-state index is -1.01. The maximum Gasteiger partial charge on any atom is 0.513 e. The molecule has 45 heavy (non-hydrogen) atoms. The number of benzene rings is 4. The van der Waals surface area contributed by atoms with Gasteiger partial charge in [0.1, 0.15) is 23.5 Å². The predicted molar refractivity (Wildman–Crippen MR) is 168 cm³/mol. The van der Waals surface area contributed by atoms with Crippen LogP contribution in [0.15, 0.2) is 103 Å². The Kier molecular flexibility index (Phi) is 9.33. The van der Waals surface area contributed by atoms with E-state index in [1.165, 1.54) is 36.0 Å². The van der Waals surface area contributed by atoms with Gasteiger partial charge in [-0.05, 0) is 60.5 Å². The number of non-ortho nitro benzene ring substituents is 1. The second-order valence-corrected chi connectivity index (χ2v) is 11.9. The summed E-state index contributed by atoms with van der Waals surface area (Å²) in [4.78, 5) is 50.1. The molecule has 2 amide bonds. The fraction of sp³-hybridized carbons (Fsp3) is 0.182. The minimum Gasteiger partial charge on any atom is -0.489 e. The zero-order valence-electron chi connectivity index (χ0n) is 24.2. The summed E-state index contributed by atoms with van der Waals surface area (Å²) in [5.41, 5.74) is 8.00. The number of carbonyl (C=O) groups is 3. The van der Waals surface area contributed by atoms with E-state index in [0.717, 1.165) is 11.1 Å². The lowest BCUT2D eigenvalue weighted by molar-refractivity contribution is -0.384. The number of nitro groups is 1. The highest BCUT2D eigenvalue weighted by molar-refractivity contribution is 8.02. The van der Waals surface area contributed by atoms with Crippen molar-refractivity contribution in [3.05, 3.63) is 130 Å². The quantitative estimate of drug-likeness (QED) is 0.0860. The molecular weight excluding hydrogens is 598 g/mol. The van der Waals surface area contributed by atoms with E-state index in [9.17, 15) is 24.5 Å². The second kappa shape index (κ2) is 13.5. The van der Waals surface area contributed by atoms with Crippen LogP contribution in [0.25, 0.3) is 0 Å². The monoisotopic (exact) mass is 627 g/mol. The van der Waals surface area contributed by atoms with Crippen LogP contribution in [0.4, 0.5) is 16.2 Å². The Bertz CT molecular complexity index is 1700. The lowest BCUT2D eigenvalue weighted by atomic mass is 10.0. The van der Waals surface area contributed by atoms with Crippen LogP contribution in [-0.2, 0) is 16.1 Å². The van der Waals surface area contributed by atoms with Crippen LogP contribution in [0.1, 0.15) is 40.2 Å². The fourth-order valence-electron chi connectivity index (χ4n) is 4.72. The Morgan fingerprint density at radius 1 is 0.956 bits per heavy atom. The molecule has 0 aliphatic carbocycles. The normalized spacial score (nSPS) is 17.5. The van der Waals surface area contributed by atoms with Crippen molar-refractivity contribution in [3.8, 4) is 11.5 Å². The van der Waals surface area contributed by atoms with E-state index in [4.69, 9.17) is 19.9 Å². The van der Waals surface area contributed by atoms with Crippen LogP contribution < -0.4 is 20.1 Å². The third kappa shape index (κ3) is 7.42. The van der Waals surface area contributed by atoms with Crippen LogP contribution in [0.5, 0.6) is 11.5 Å². The topological polar surface area (TPSA) is 151 Å². The van der Waals surface area contributed by atoms with Crippen molar-refractivity contribution in [1.29, 1.82) is 0 Å². The van der Waals surface area contributed by atoms with E-state index in [0.29, 0.717) is 18.0 Å². The molecule has 1 aliphatic heterocycles. The molecular formula is C33H29N3O8S. The molecule has 0 radical (unpaired) electrons. The maximum atomic E-state index is 14.0. The third-order valence-electron chi connectivity index (χ3n) is 7.15. The number of rotatable bonds is 11. The zero-order chi connectivity index (χ0) is 32.0. The van der Waals surface area contributed by atoms with Gasteiger partial charge in [0.2, 0.25) is 11.8 Å². The predicted octanol–water partition coefficient (Wildman–Crippen LogP) is 6.42. The van der Waals surface area contributed by atoms with E-state index >= 15 is 0 Å². The molecule has 12 heteroatoms. The Hall–Kier alpha value is -5.36. The highest BCUT2D eigenvalue weighted by Gasteiger charge is 2.50. The summed E-state index contributed by atoms with van der Waals surface area (Å²) in [5, 5.41) is 10.4. The summed E-state index contributed by atoms with van der Waals surface area (Å²) >= 11 is 1.39. The molecule has 4 aromatic carbocycles. The molecule has 0 spiro atoms. The number of hydrogen-bond acceptors (Lipinski definition) is 9. The molecule has 4 aromatic rings. The summed E-state index contributed by atoms with van der Waals surface area (Å²) in [6.45, 7) is 2.05. The summed E-state index contributed by atoms with van der Waals surface area (Å²) in [6.07, 6.45) is -0.844. The third-order valence-corrected chi connectivity index (χ3v) is 8.75. The highest BCUT2D eigenvalue weighted by atomic mass is 32.2. The number of nitrogens with two attached hydrogens (primary N) is 1. The molecule has 1 aliphatic rings. The molecule has 2 N–H and O–H groups in total. The van der Waals surface area contributed by atoms with Crippen LogP contribution in [0.2, 0.25) is 0 Å². The first-order valence-corrected chi connectivity index (χ1v) is 14.8. The summed E-state index contributed by atoms with van der Waals surface area (Å²) in [7, 11) is 0. The number of carbonyl (C=O) groups excluding carboxylic acids is 3. The van der Waals surface area contributed by atoms with Crippen LogP contribution >= 0.6 is 11.8 Å².